The van der Waals surface area contributed by atoms with Crippen LogP contribution in [0.3, 0.4) is 0 Å². The van der Waals surface area contributed by atoms with Crippen LogP contribution in [-0.2, 0) is 6.54 Å². The number of hydrogen-bond acceptors (Lipinski definition) is 3. The summed E-state index contributed by atoms with van der Waals surface area (Å²) in [7, 11) is 0. The summed E-state index contributed by atoms with van der Waals surface area (Å²) >= 11 is 0. The third-order valence-electron chi connectivity index (χ3n) is 5.43. The van der Waals surface area contributed by atoms with Crippen molar-refractivity contribution in [3.8, 4) is 0 Å². The maximum Gasteiger partial charge on any atom is 0.0462 e. The molecule has 1 aromatic rings. The Bertz CT molecular complexity index is 439. The first-order valence-corrected chi connectivity index (χ1v) is 9.01. The molecule has 2 fully saturated rings. The molecule has 1 saturated carbocycles. The van der Waals surface area contributed by atoms with Crippen molar-refractivity contribution in [2.75, 3.05) is 31.6 Å². The molecule has 0 bridgehead atoms. The summed E-state index contributed by atoms with van der Waals surface area (Å²) in [5.74, 6) is 1.12. The van der Waals surface area contributed by atoms with E-state index in [0.29, 0.717) is 18.4 Å². The summed E-state index contributed by atoms with van der Waals surface area (Å²) in [4.78, 5) is 2.54. The number of aliphatic hydroxyl groups is 1. The van der Waals surface area contributed by atoms with Crippen LogP contribution in [0, 0.1) is 11.8 Å². The highest BCUT2D eigenvalue weighted by molar-refractivity contribution is 5.44. The van der Waals surface area contributed by atoms with Gasteiger partial charge in [0.2, 0.25) is 0 Å². The minimum atomic E-state index is 0.348. The predicted octanol–water partition coefficient (Wildman–Crippen LogP) is 3.49. The summed E-state index contributed by atoms with van der Waals surface area (Å²) in [5.41, 5.74) is 2.63. The Labute approximate surface area is 134 Å². The summed E-state index contributed by atoms with van der Waals surface area (Å²) in [6.07, 6.45) is 7.76. The van der Waals surface area contributed by atoms with E-state index in [9.17, 15) is 5.11 Å². The molecule has 3 rings (SSSR count). The van der Waals surface area contributed by atoms with E-state index >= 15 is 0 Å². The molecule has 2 atom stereocenters. The zero-order valence-electron chi connectivity index (χ0n) is 13.6. The first-order chi connectivity index (χ1) is 10.8. The van der Waals surface area contributed by atoms with E-state index in [4.69, 9.17) is 0 Å². The molecule has 2 unspecified atom stereocenters. The molecule has 1 heterocycles. The Balaban J connectivity index is 1.48. The number of nitrogens with zero attached hydrogens (tertiary/aromatic N) is 1. The van der Waals surface area contributed by atoms with Crippen LogP contribution in [0.2, 0.25) is 0 Å². The van der Waals surface area contributed by atoms with Gasteiger partial charge in [-0.15, -0.1) is 0 Å². The largest absolute Gasteiger partial charge is 0.396 e. The number of likely N-dealkylation sites (tertiary alicyclic amines) is 1. The van der Waals surface area contributed by atoms with Crippen LogP contribution in [0.4, 0.5) is 5.69 Å². The SMILES string of the molecule is OCC1CCCCC1CNc1ccc(CN2CCCC2)cc1. The zero-order chi connectivity index (χ0) is 15.2. The van der Waals surface area contributed by atoms with Crippen molar-refractivity contribution in [2.45, 2.75) is 45.1 Å². The summed E-state index contributed by atoms with van der Waals surface area (Å²) in [6, 6.07) is 8.93. The second-order valence-electron chi connectivity index (χ2n) is 7.05. The molecule has 3 heteroatoms. The van der Waals surface area contributed by atoms with Crippen LogP contribution in [0.15, 0.2) is 24.3 Å². The standard InChI is InChI=1S/C19H30N2O/c22-15-18-6-2-1-5-17(18)13-20-19-9-7-16(8-10-19)14-21-11-3-4-12-21/h7-10,17-18,20,22H,1-6,11-15H2. The summed E-state index contributed by atoms with van der Waals surface area (Å²) in [5, 5.41) is 13.1. The molecule has 0 spiro atoms. The smallest absolute Gasteiger partial charge is 0.0462 e. The highest BCUT2D eigenvalue weighted by atomic mass is 16.3. The van der Waals surface area contributed by atoms with Gasteiger partial charge in [-0.1, -0.05) is 25.0 Å². The summed E-state index contributed by atoms with van der Waals surface area (Å²) < 4.78 is 0. The van der Waals surface area contributed by atoms with E-state index < -0.39 is 0 Å². The monoisotopic (exact) mass is 302 g/mol. The number of anilines is 1. The molecule has 1 saturated heterocycles. The Hall–Kier alpha value is -1.06. The molecule has 22 heavy (non-hydrogen) atoms. The van der Waals surface area contributed by atoms with E-state index in [1.165, 1.54) is 62.9 Å². The second kappa shape index (κ2) is 7.98. The number of nitrogens with one attached hydrogen (secondary N) is 1. The lowest BCUT2D eigenvalue weighted by Crippen LogP contribution is -2.28. The van der Waals surface area contributed by atoms with E-state index in [2.05, 4.69) is 34.5 Å². The van der Waals surface area contributed by atoms with E-state index in [0.717, 1.165) is 13.1 Å². The normalized spacial score (nSPS) is 26.2. The maximum atomic E-state index is 9.50. The van der Waals surface area contributed by atoms with Crippen molar-refractivity contribution >= 4 is 5.69 Å². The Kier molecular flexibility index (Phi) is 5.74. The molecule has 122 valence electrons. The Morgan fingerprint density at radius 2 is 1.64 bits per heavy atom. The van der Waals surface area contributed by atoms with Crippen LogP contribution in [-0.4, -0.2) is 36.2 Å². The van der Waals surface area contributed by atoms with Crippen LogP contribution < -0.4 is 5.32 Å². The fourth-order valence-corrected chi connectivity index (χ4v) is 3.97. The van der Waals surface area contributed by atoms with Gasteiger partial charge in [-0.05, 0) is 68.3 Å². The Morgan fingerprint density at radius 3 is 2.32 bits per heavy atom. The van der Waals surface area contributed by atoms with Crippen molar-refractivity contribution in [3.05, 3.63) is 29.8 Å². The number of hydrogen-bond donors (Lipinski definition) is 2. The van der Waals surface area contributed by atoms with Crippen LogP contribution >= 0.6 is 0 Å². The van der Waals surface area contributed by atoms with Gasteiger partial charge in [-0.25, -0.2) is 0 Å². The first-order valence-electron chi connectivity index (χ1n) is 9.01. The molecule has 2 aliphatic rings. The van der Waals surface area contributed by atoms with Crippen LogP contribution in [0.25, 0.3) is 0 Å². The van der Waals surface area contributed by atoms with Gasteiger partial charge in [-0.2, -0.15) is 0 Å². The van der Waals surface area contributed by atoms with Gasteiger partial charge in [-0.3, -0.25) is 4.90 Å². The van der Waals surface area contributed by atoms with E-state index in [-0.39, 0.29) is 0 Å². The van der Waals surface area contributed by atoms with Gasteiger partial charge in [0.1, 0.15) is 0 Å². The lowest BCUT2D eigenvalue weighted by atomic mass is 9.79. The van der Waals surface area contributed by atoms with E-state index in [1.54, 1.807) is 0 Å². The van der Waals surface area contributed by atoms with Gasteiger partial charge in [0.15, 0.2) is 0 Å². The second-order valence-corrected chi connectivity index (χ2v) is 7.05. The third-order valence-corrected chi connectivity index (χ3v) is 5.43. The molecule has 1 aliphatic carbocycles. The maximum absolute atomic E-state index is 9.50. The van der Waals surface area contributed by atoms with Gasteiger partial charge in [0.25, 0.3) is 0 Å². The Morgan fingerprint density at radius 1 is 0.955 bits per heavy atom. The molecule has 0 amide bonds. The minimum absolute atomic E-state index is 0.348. The van der Waals surface area contributed by atoms with Crippen molar-refractivity contribution in [3.63, 3.8) is 0 Å². The molecule has 0 aromatic heterocycles. The van der Waals surface area contributed by atoms with Crippen molar-refractivity contribution in [1.29, 1.82) is 0 Å². The van der Waals surface area contributed by atoms with Crippen LogP contribution in [0.1, 0.15) is 44.1 Å². The molecular weight excluding hydrogens is 272 g/mol. The fourth-order valence-electron chi connectivity index (χ4n) is 3.97. The average molecular weight is 302 g/mol. The molecule has 2 N–H and O–H groups in total. The highest BCUT2D eigenvalue weighted by Gasteiger charge is 2.24. The molecule has 1 aliphatic heterocycles. The minimum Gasteiger partial charge on any atom is -0.396 e. The quantitative estimate of drug-likeness (QED) is 0.844. The number of aliphatic hydroxyl groups excluding tert-OH is 1. The van der Waals surface area contributed by atoms with Crippen molar-refractivity contribution < 1.29 is 5.11 Å². The van der Waals surface area contributed by atoms with Crippen molar-refractivity contribution in [2.24, 2.45) is 11.8 Å². The number of benzene rings is 1. The van der Waals surface area contributed by atoms with Gasteiger partial charge >= 0.3 is 0 Å². The third kappa shape index (κ3) is 4.23. The van der Waals surface area contributed by atoms with Gasteiger partial charge < -0.3 is 10.4 Å². The average Bonchev–Trinajstić information content (AvgIpc) is 3.07. The topological polar surface area (TPSA) is 35.5 Å². The lowest BCUT2D eigenvalue weighted by Gasteiger charge is -2.30. The highest BCUT2D eigenvalue weighted by Crippen LogP contribution is 2.30. The predicted molar refractivity (Wildman–Crippen MR) is 92.0 cm³/mol. The number of rotatable bonds is 6. The summed E-state index contributed by atoms with van der Waals surface area (Å²) in [6.45, 7) is 4.95. The first kappa shape index (κ1) is 15.8. The van der Waals surface area contributed by atoms with E-state index in [1.807, 2.05) is 0 Å². The molecule has 3 nitrogen and oxygen atoms in total. The van der Waals surface area contributed by atoms with Gasteiger partial charge in [0.05, 0.1) is 0 Å². The molecular formula is C19H30N2O. The van der Waals surface area contributed by atoms with Crippen LogP contribution in [0.5, 0.6) is 0 Å². The lowest BCUT2D eigenvalue weighted by molar-refractivity contribution is 0.141. The molecule has 0 radical (unpaired) electrons. The molecule has 1 aromatic carbocycles. The fraction of sp³-hybridized carbons (Fsp3) is 0.684. The van der Waals surface area contributed by atoms with Gasteiger partial charge in [0, 0.05) is 25.4 Å². The zero-order valence-corrected chi connectivity index (χ0v) is 13.6. The van der Waals surface area contributed by atoms with Crippen molar-refractivity contribution in [1.82, 2.24) is 4.90 Å².